The number of nitrogens with two attached hydrogens (primary N) is 1. The first-order valence-electron chi connectivity index (χ1n) is 7.02. The number of hydrogen-bond acceptors (Lipinski definition) is 4. The lowest BCUT2D eigenvalue weighted by Gasteiger charge is -2.31. The van der Waals surface area contributed by atoms with E-state index in [4.69, 9.17) is 5.73 Å². The molecule has 2 rings (SSSR count). The second-order valence-electron chi connectivity index (χ2n) is 5.11. The normalized spacial score (nSPS) is 21.2. The van der Waals surface area contributed by atoms with Gasteiger partial charge in [0.05, 0.1) is 11.4 Å². The molecule has 2 atom stereocenters. The van der Waals surface area contributed by atoms with Crippen LogP contribution in [0.5, 0.6) is 0 Å². The molecule has 1 aliphatic rings. The molecule has 1 aliphatic carbocycles. The first-order chi connectivity index (χ1) is 9.70. The van der Waals surface area contributed by atoms with Gasteiger partial charge in [-0.3, -0.25) is 9.59 Å². The van der Waals surface area contributed by atoms with E-state index in [2.05, 4.69) is 10.6 Å². The molecule has 4 N–H and O–H groups in total. The van der Waals surface area contributed by atoms with Crippen LogP contribution in [0.4, 0.5) is 0 Å². The SMILES string of the molecule is Cl.NCC1CCCCC1NC(=O)CNC(=O)c1cccs1. The van der Waals surface area contributed by atoms with E-state index < -0.39 is 0 Å². The Hall–Kier alpha value is -1.11. The number of rotatable bonds is 5. The van der Waals surface area contributed by atoms with Gasteiger partial charge in [0.15, 0.2) is 0 Å². The zero-order valence-electron chi connectivity index (χ0n) is 11.8. The predicted molar refractivity (Wildman–Crippen MR) is 86.8 cm³/mol. The topological polar surface area (TPSA) is 84.2 Å². The van der Waals surface area contributed by atoms with E-state index in [1.54, 1.807) is 6.07 Å². The molecule has 1 fully saturated rings. The predicted octanol–water partition coefficient (Wildman–Crippen LogP) is 1.53. The number of thiophene rings is 1. The van der Waals surface area contributed by atoms with E-state index in [0.717, 1.165) is 19.3 Å². The van der Waals surface area contributed by atoms with Crippen molar-refractivity contribution in [3.63, 3.8) is 0 Å². The summed E-state index contributed by atoms with van der Waals surface area (Å²) in [4.78, 5) is 24.2. The number of halogens is 1. The lowest BCUT2D eigenvalue weighted by Crippen LogP contribution is -2.47. The molecular weight excluding hydrogens is 310 g/mol. The van der Waals surface area contributed by atoms with Gasteiger partial charge in [0.1, 0.15) is 0 Å². The zero-order valence-corrected chi connectivity index (χ0v) is 13.5. The Morgan fingerprint density at radius 1 is 1.33 bits per heavy atom. The van der Waals surface area contributed by atoms with Gasteiger partial charge in [-0.2, -0.15) is 0 Å². The molecule has 0 radical (unpaired) electrons. The summed E-state index contributed by atoms with van der Waals surface area (Å²) >= 11 is 1.36. The van der Waals surface area contributed by atoms with Crippen LogP contribution < -0.4 is 16.4 Å². The minimum absolute atomic E-state index is 0. The van der Waals surface area contributed by atoms with E-state index >= 15 is 0 Å². The molecule has 1 aromatic rings. The molecule has 0 aromatic carbocycles. The van der Waals surface area contributed by atoms with E-state index in [-0.39, 0.29) is 36.8 Å². The molecule has 1 saturated carbocycles. The van der Waals surface area contributed by atoms with Crippen LogP contribution in [0.3, 0.4) is 0 Å². The van der Waals surface area contributed by atoms with Crippen LogP contribution in [0.2, 0.25) is 0 Å². The third-order valence-corrected chi connectivity index (χ3v) is 4.58. The van der Waals surface area contributed by atoms with Crippen molar-refractivity contribution >= 4 is 35.6 Å². The van der Waals surface area contributed by atoms with Crippen molar-refractivity contribution in [1.29, 1.82) is 0 Å². The molecule has 1 heterocycles. The van der Waals surface area contributed by atoms with Crippen molar-refractivity contribution in [2.45, 2.75) is 31.7 Å². The van der Waals surface area contributed by atoms with Gasteiger partial charge in [-0.15, -0.1) is 23.7 Å². The van der Waals surface area contributed by atoms with E-state index in [9.17, 15) is 9.59 Å². The Morgan fingerprint density at radius 3 is 2.76 bits per heavy atom. The summed E-state index contributed by atoms with van der Waals surface area (Å²) in [6, 6.07) is 3.71. The quantitative estimate of drug-likeness (QED) is 0.765. The summed E-state index contributed by atoms with van der Waals surface area (Å²) in [5.74, 6) is 0.0233. The van der Waals surface area contributed by atoms with Crippen LogP contribution >= 0.6 is 23.7 Å². The summed E-state index contributed by atoms with van der Waals surface area (Å²) in [5.41, 5.74) is 5.74. The molecule has 118 valence electrons. The van der Waals surface area contributed by atoms with Gasteiger partial charge in [-0.25, -0.2) is 0 Å². The molecule has 0 aliphatic heterocycles. The molecule has 0 bridgehead atoms. The molecule has 7 heteroatoms. The minimum Gasteiger partial charge on any atom is -0.352 e. The highest BCUT2D eigenvalue weighted by molar-refractivity contribution is 7.12. The van der Waals surface area contributed by atoms with Gasteiger partial charge in [0.25, 0.3) is 5.91 Å². The second kappa shape index (κ2) is 9.02. The van der Waals surface area contributed by atoms with Gasteiger partial charge in [0.2, 0.25) is 5.91 Å². The summed E-state index contributed by atoms with van der Waals surface area (Å²) in [6.45, 7) is 0.622. The number of nitrogens with one attached hydrogen (secondary N) is 2. The first kappa shape index (κ1) is 17.9. The Morgan fingerprint density at radius 2 is 2.10 bits per heavy atom. The summed E-state index contributed by atoms with van der Waals surface area (Å²) in [5, 5.41) is 7.46. The largest absolute Gasteiger partial charge is 0.352 e. The monoisotopic (exact) mass is 331 g/mol. The Labute approximate surface area is 135 Å². The highest BCUT2D eigenvalue weighted by Crippen LogP contribution is 2.23. The zero-order chi connectivity index (χ0) is 14.4. The molecule has 0 saturated heterocycles. The molecule has 2 unspecified atom stereocenters. The first-order valence-corrected chi connectivity index (χ1v) is 7.90. The summed E-state index contributed by atoms with van der Waals surface area (Å²) in [7, 11) is 0. The average Bonchev–Trinajstić information content (AvgIpc) is 2.99. The Bertz CT molecular complexity index is 453. The highest BCUT2D eigenvalue weighted by Gasteiger charge is 2.25. The van der Waals surface area contributed by atoms with Crippen molar-refractivity contribution < 1.29 is 9.59 Å². The van der Waals surface area contributed by atoms with E-state index in [1.165, 1.54) is 17.8 Å². The van der Waals surface area contributed by atoms with Gasteiger partial charge in [-0.05, 0) is 36.8 Å². The summed E-state index contributed by atoms with van der Waals surface area (Å²) in [6.07, 6.45) is 4.36. The van der Waals surface area contributed by atoms with Gasteiger partial charge in [0, 0.05) is 6.04 Å². The number of hydrogen-bond donors (Lipinski definition) is 3. The maximum atomic E-state index is 11.9. The van der Waals surface area contributed by atoms with Crippen LogP contribution in [-0.2, 0) is 4.79 Å². The Balaban J connectivity index is 0.00000220. The fourth-order valence-corrected chi connectivity index (χ4v) is 3.23. The van der Waals surface area contributed by atoms with Crippen molar-refractivity contribution in [3.8, 4) is 0 Å². The van der Waals surface area contributed by atoms with E-state index in [0.29, 0.717) is 17.3 Å². The van der Waals surface area contributed by atoms with Crippen molar-refractivity contribution in [3.05, 3.63) is 22.4 Å². The maximum Gasteiger partial charge on any atom is 0.261 e. The number of carbonyl (C=O) groups is 2. The minimum atomic E-state index is -0.200. The molecular formula is C14H22ClN3O2S. The van der Waals surface area contributed by atoms with Gasteiger partial charge >= 0.3 is 0 Å². The van der Waals surface area contributed by atoms with Crippen molar-refractivity contribution in [2.75, 3.05) is 13.1 Å². The van der Waals surface area contributed by atoms with Crippen LogP contribution in [0, 0.1) is 5.92 Å². The molecule has 0 spiro atoms. The van der Waals surface area contributed by atoms with Gasteiger partial charge in [-0.1, -0.05) is 18.9 Å². The van der Waals surface area contributed by atoms with Crippen LogP contribution in [0.25, 0.3) is 0 Å². The fourth-order valence-electron chi connectivity index (χ4n) is 2.59. The molecule has 21 heavy (non-hydrogen) atoms. The van der Waals surface area contributed by atoms with Crippen LogP contribution in [0.1, 0.15) is 35.4 Å². The standard InChI is InChI=1S/C14H21N3O2S.ClH/c15-8-10-4-1-2-5-11(10)17-13(18)9-16-14(19)12-6-3-7-20-12;/h3,6-7,10-11H,1-2,4-5,8-9,15H2,(H,16,19)(H,17,18);1H. The number of amides is 2. The third-order valence-electron chi connectivity index (χ3n) is 3.71. The second-order valence-corrected chi connectivity index (χ2v) is 6.06. The molecule has 5 nitrogen and oxygen atoms in total. The maximum absolute atomic E-state index is 11.9. The van der Waals surface area contributed by atoms with Gasteiger partial charge < -0.3 is 16.4 Å². The van der Waals surface area contributed by atoms with E-state index in [1.807, 2.05) is 11.4 Å². The average molecular weight is 332 g/mol. The lowest BCUT2D eigenvalue weighted by molar-refractivity contribution is -0.121. The van der Waals surface area contributed by atoms with Crippen LogP contribution in [-0.4, -0.2) is 30.9 Å². The molecule has 2 amide bonds. The molecule has 1 aromatic heterocycles. The smallest absolute Gasteiger partial charge is 0.261 e. The van der Waals surface area contributed by atoms with Crippen molar-refractivity contribution in [1.82, 2.24) is 10.6 Å². The van der Waals surface area contributed by atoms with Crippen molar-refractivity contribution in [2.24, 2.45) is 11.7 Å². The lowest BCUT2D eigenvalue weighted by atomic mass is 9.84. The summed E-state index contributed by atoms with van der Waals surface area (Å²) < 4.78 is 0. The Kier molecular flexibility index (Phi) is 7.71. The number of carbonyl (C=O) groups excluding carboxylic acids is 2. The van der Waals surface area contributed by atoms with Crippen LogP contribution in [0.15, 0.2) is 17.5 Å². The highest BCUT2D eigenvalue weighted by atomic mass is 35.5. The third kappa shape index (κ3) is 5.30. The fraction of sp³-hybridized carbons (Fsp3) is 0.571.